The van der Waals surface area contributed by atoms with Crippen LogP contribution in [0.1, 0.15) is 30.0 Å². The highest BCUT2D eigenvalue weighted by molar-refractivity contribution is 6.35. The number of nitrogens with one attached hydrogen (secondary N) is 1. The number of aromatic nitrogens is 2. The van der Waals surface area contributed by atoms with E-state index in [1.54, 1.807) is 25.1 Å². The molecular formula is C21H25ClN4O5. The van der Waals surface area contributed by atoms with E-state index >= 15 is 0 Å². The maximum atomic E-state index is 13.5. The van der Waals surface area contributed by atoms with Crippen LogP contribution in [0.5, 0.6) is 0 Å². The fourth-order valence-electron chi connectivity index (χ4n) is 3.42. The number of hydrogen-bond donors (Lipinski definition) is 2. The topological polar surface area (TPSA) is 124 Å². The maximum Gasteiger partial charge on any atom is 0.330 e. The molecule has 3 rings (SSSR count). The van der Waals surface area contributed by atoms with Gasteiger partial charge in [0, 0.05) is 24.6 Å². The maximum absolute atomic E-state index is 13.5. The summed E-state index contributed by atoms with van der Waals surface area (Å²) in [6, 6.07) is 5.21. The second-order valence-corrected chi connectivity index (χ2v) is 8.03. The predicted molar refractivity (Wildman–Crippen MR) is 120 cm³/mol. The van der Waals surface area contributed by atoms with Gasteiger partial charge in [-0.3, -0.25) is 24.0 Å². The number of H-pyrrole nitrogens is 1. The third kappa shape index (κ3) is 4.24. The van der Waals surface area contributed by atoms with Crippen LogP contribution in [0.2, 0.25) is 5.02 Å². The Morgan fingerprint density at radius 2 is 2.06 bits per heavy atom. The van der Waals surface area contributed by atoms with Crippen molar-refractivity contribution in [1.29, 1.82) is 0 Å². The fourth-order valence-corrected chi connectivity index (χ4v) is 3.63. The molecule has 1 aromatic carbocycles. The van der Waals surface area contributed by atoms with Gasteiger partial charge in [-0.15, -0.1) is 0 Å². The standard InChI is InChI=1S/C21H25ClN4O5/c1-11(2)10-26-18(23)15(19(27)24-21(26)29)25(8-9-30-4)20(28)16-12(3)13-6-5-7-14(22)17(13)31-16/h5-7,11H,8-10,23H2,1-4H3,(H,24,27,29). The molecule has 2 aromatic heterocycles. The largest absolute Gasteiger partial charge is 0.449 e. The molecule has 0 atom stereocenters. The Hall–Kier alpha value is -3.04. The average Bonchev–Trinajstić information content (AvgIpc) is 3.05. The number of nitrogen functional groups attached to an aromatic ring is 1. The number of aromatic amines is 1. The van der Waals surface area contributed by atoms with Crippen molar-refractivity contribution in [3.8, 4) is 0 Å². The molecule has 0 radical (unpaired) electrons. The molecule has 166 valence electrons. The molecule has 0 bridgehead atoms. The predicted octanol–water partition coefficient (Wildman–Crippen LogP) is 2.78. The molecule has 3 aromatic rings. The van der Waals surface area contributed by atoms with Crippen molar-refractivity contribution in [3.63, 3.8) is 0 Å². The molecule has 0 aliphatic heterocycles. The molecule has 0 aliphatic carbocycles. The lowest BCUT2D eigenvalue weighted by Gasteiger charge is -2.24. The zero-order chi connectivity index (χ0) is 22.9. The van der Waals surface area contributed by atoms with Gasteiger partial charge in [0.15, 0.2) is 17.0 Å². The van der Waals surface area contributed by atoms with Gasteiger partial charge in [0.2, 0.25) is 0 Å². The number of methoxy groups -OCH3 is 1. The van der Waals surface area contributed by atoms with Gasteiger partial charge in [0.05, 0.1) is 18.2 Å². The van der Waals surface area contributed by atoms with Crippen molar-refractivity contribution < 1.29 is 13.9 Å². The van der Waals surface area contributed by atoms with Crippen LogP contribution in [0.25, 0.3) is 11.0 Å². The number of hydrogen-bond acceptors (Lipinski definition) is 6. The number of halogens is 1. The van der Waals surface area contributed by atoms with Crippen LogP contribution in [0.3, 0.4) is 0 Å². The van der Waals surface area contributed by atoms with E-state index < -0.39 is 17.2 Å². The zero-order valence-electron chi connectivity index (χ0n) is 17.8. The van der Waals surface area contributed by atoms with E-state index in [1.165, 1.54) is 16.6 Å². The SMILES string of the molecule is COCCN(C(=O)c1oc2c(Cl)cccc2c1C)c1c(N)n(CC(C)C)c(=O)[nH]c1=O. The Morgan fingerprint density at radius 3 is 2.68 bits per heavy atom. The van der Waals surface area contributed by atoms with Crippen LogP contribution < -0.4 is 21.9 Å². The number of ether oxygens (including phenoxy) is 1. The summed E-state index contributed by atoms with van der Waals surface area (Å²) < 4.78 is 12.2. The number of anilines is 2. The Morgan fingerprint density at radius 1 is 1.35 bits per heavy atom. The van der Waals surface area contributed by atoms with Crippen molar-refractivity contribution in [2.75, 3.05) is 30.9 Å². The van der Waals surface area contributed by atoms with Gasteiger partial charge in [-0.25, -0.2) is 4.79 Å². The summed E-state index contributed by atoms with van der Waals surface area (Å²) in [5.41, 5.74) is 5.64. The smallest absolute Gasteiger partial charge is 0.330 e. The lowest BCUT2D eigenvalue weighted by atomic mass is 10.1. The molecule has 9 nitrogen and oxygen atoms in total. The van der Waals surface area contributed by atoms with Crippen molar-refractivity contribution in [1.82, 2.24) is 9.55 Å². The summed E-state index contributed by atoms with van der Waals surface area (Å²) in [5, 5.41) is 1.06. The van der Waals surface area contributed by atoms with Gasteiger partial charge in [-0.1, -0.05) is 37.6 Å². The summed E-state index contributed by atoms with van der Waals surface area (Å²) in [4.78, 5) is 42.0. The second-order valence-electron chi connectivity index (χ2n) is 7.62. The number of benzene rings is 1. The summed E-state index contributed by atoms with van der Waals surface area (Å²) in [6.45, 7) is 5.98. The van der Waals surface area contributed by atoms with Crippen LogP contribution in [0, 0.1) is 12.8 Å². The number of nitrogens with zero attached hydrogens (tertiary/aromatic N) is 2. The van der Waals surface area contributed by atoms with Crippen molar-refractivity contribution in [2.24, 2.45) is 5.92 Å². The molecule has 3 N–H and O–H groups in total. The van der Waals surface area contributed by atoms with E-state index in [4.69, 9.17) is 26.5 Å². The Labute approximate surface area is 183 Å². The molecule has 0 saturated carbocycles. The van der Waals surface area contributed by atoms with E-state index in [0.29, 0.717) is 21.6 Å². The van der Waals surface area contributed by atoms with E-state index in [9.17, 15) is 14.4 Å². The average molecular weight is 449 g/mol. The highest BCUT2D eigenvalue weighted by Crippen LogP contribution is 2.32. The molecule has 2 heterocycles. The summed E-state index contributed by atoms with van der Waals surface area (Å²) in [7, 11) is 1.47. The minimum absolute atomic E-state index is 0.0205. The Kier molecular flexibility index (Phi) is 6.56. The summed E-state index contributed by atoms with van der Waals surface area (Å²) in [6.07, 6.45) is 0. The number of para-hydroxylation sites is 1. The fraction of sp³-hybridized carbons (Fsp3) is 0.381. The molecule has 0 fully saturated rings. The lowest BCUT2D eigenvalue weighted by Crippen LogP contribution is -2.43. The van der Waals surface area contributed by atoms with Crippen LogP contribution >= 0.6 is 11.6 Å². The molecular weight excluding hydrogens is 424 g/mol. The van der Waals surface area contributed by atoms with Crippen LogP contribution in [-0.2, 0) is 11.3 Å². The number of aryl methyl sites for hydroxylation is 1. The third-order valence-electron chi connectivity index (χ3n) is 4.91. The molecule has 0 spiro atoms. The highest BCUT2D eigenvalue weighted by atomic mass is 35.5. The minimum Gasteiger partial charge on any atom is -0.449 e. The molecule has 0 aliphatic rings. The van der Waals surface area contributed by atoms with E-state index in [-0.39, 0.29) is 42.9 Å². The highest BCUT2D eigenvalue weighted by Gasteiger charge is 2.29. The normalized spacial score (nSPS) is 11.4. The Balaban J connectivity index is 2.19. The second kappa shape index (κ2) is 8.99. The van der Waals surface area contributed by atoms with Gasteiger partial charge in [0.1, 0.15) is 5.82 Å². The number of carbonyl (C=O) groups is 1. The van der Waals surface area contributed by atoms with E-state index in [1.807, 2.05) is 13.8 Å². The number of amides is 1. The number of carbonyl (C=O) groups excluding carboxylic acids is 1. The van der Waals surface area contributed by atoms with Gasteiger partial charge >= 0.3 is 5.69 Å². The van der Waals surface area contributed by atoms with Crippen molar-refractivity contribution in [2.45, 2.75) is 27.3 Å². The first-order valence-corrected chi connectivity index (χ1v) is 10.2. The molecule has 0 saturated heterocycles. The number of fused-ring (bicyclic) bond motifs is 1. The monoisotopic (exact) mass is 448 g/mol. The summed E-state index contributed by atoms with van der Waals surface area (Å²) >= 11 is 6.21. The molecule has 10 heteroatoms. The number of furan rings is 1. The molecule has 31 heavy (non-hydrogen) atoms. The van der Waals surface area contributed by atoms with Gasteiger partial charge < -0.3 is 14.9 Å². The first kappa shape index (κ1) is 22.6. The van der Waals surface area contributed by atoms with Crippen LogP contribution in [0.15, 0.2) is 32.2 Å². The first-order valence-electron chi connectivity index (χ1n) is 9.78. The quantitative estimate of drug-likeness (QED) is 0.572. The molecule has 1 amide bonds. The minimum atomic E-state index is -0.765. The van der Waals surface area contributed by atoms with Gasteiger partial charge in [-0.2, -0.15) is 0 Å². The first-order chi connectivity index (χ1) is 14.7. The third-order valence-corrected chi connectivity index (χ3v) is 5.20. The van der Waals surface area contributed by atoms with Crippen LogP contribution in [0.4, 0.5) is 11.5 Å². The van der Waals surface area contributed by atoms with E-state index in [2.05, 4.69) is 4.98 Å². The number of nitrogens with two attached hydrogens (primary N) is 1. The van der Waals surface area contributed by atoms with Crippen molar-refractivity contribution in [3.05, 3.63) is 55.4 Å². The molecule has 0 unspecified atom stereocenters. The summed E-state index contributed by atoms with van der Waals surface area (Å²) in [5.74, 6) is -0.575. The van der Waals surface area contributed by atoms with Crippen molar-refractivity contribution >= 4 is 40.0 Å². The van der Waals surface area contributed by atoms with Gasteiger partial charge in [0.25, 0.3) is 11.5 Å². The van der Waals surface area contributed by atoms with Crippen LogP contribution in [-0.4, -0.2) is 35.7 Å². The van der Waals surface area contributed by atoms with Gasteiger partial charge in [-0.05, 0) is 18.9 Å². The van der Waals surface area contributed by atoms with E-state index in [0.717, 1.165) is 0 Å². The zero-order valence-corrected chi connectivity index (χ0v) is 18.6. The Bertz CT molecular complexity index is 1240. The number of rotatable bonds is 7. The lowest BCUT2D eigenvalue weighted by molar-refractivity contribution is 0.0950.